The van der Waals surface area contributed by atoms with Crippen molar-refractivity contribution in [3.05, 3.63) is 54.0 Å². The Kier molecular flexibility index (Phi) is 3.07. The summed E-state index contributed by atoms with van der Waals surface area (Å²) in [6.07, 6.45) is 11.4. The Labute approximate surface area is 111 Å². The van der Waals surface area contributed by atoms with E-state index in [1.165, 1.54) is 16.0 Å². The molecule has 0 radical (unpaired) electrons. The molecule has 0 spiro atoms. The summed E-state index contributed by atoms with van der Waals surface area (Å²) in [4.78, 5) is 9.91. The van der Waals surface area contributed by atoms with E-state index in [9.17, 15) is 0 Å². The van der Waals surface area contributed by atoms with Gasteiger partial charge in [-0.25, -0.2) is 0 Å². The molecule has 2 aromatic rings. The topological polar surface area (TPSA) is 25.8 Å². The van der Waals surface area contributed by atoms with Crippen LogP contribution in [0.5, 0.6) is 0 Å². The zero-order valence-electron chi connectivity index (χ0n) is 10.2. The maximum Gasteiger partial charge on any atom is 0.0797 e. The molecule has 0 saturated carbocycles. The Morgan fingerprint density at radius 1 is 1.39 bits per heavy atom. The van der Waals surface area contributed by atoms with Gasteiger partial charge in [0.25, 0.3) is 0 Å². The van der Waals surface area contributed by atoms with E-state index in [1.807, 2.05) is 24.0 Å². The zero-order valence-corrected chi connectivity index (χ0v) is 11.0. The SMILES string of the molecule is CC1C=CC=C(c2ncccc2-c2cncs2)C1. The van der Waals surface area contributed by atoms with E-state index in [0.717, 1.165) is 12.1 Å². The van der Waals surface area contributed by atoms with Gasteiger partial charge in [-0.05, 0) is 30.0 Å². The van der Waals surface area contributed by atoms with E-state index in [-0.39, 0.29) is 0 Å². The number of pyridine rings is 1. The first-order valence-electron chi connectivity index (χ1n) is 6.06. The quantitative estimate of drug-likeness (QED) is 0.803. The van der Waals surface area contributed by atoms with Crippen LogP contribution in [0.2, 0.25) is 0 Å². The highest BCUT2D eigenvalue weighted by Crippen LogP contribution is 2.33. The number of rotatable bonds is 2. The molecule has 2 aromatic heterocycles. The average molecular weight is 254 g/mol. The van der Waals surface area contributed by atoms with Crippen LogP contribution in [0.1, 0.15) is 19.0 Å². The van der Waals surface area contributed by atoms with E-state index in [0.29, 0.717) is 5.92 Å². The summed E-state index contributed by atoms with van der Waals surface area (Å²) >= 11 is 1.66. The second kappa shape index (κ2) is 4.86. The normalized spacial score (nSPS) is 18.7. The summed E-state index contributed by atoms with van der Waals surface area (Å²) in [7, 11) is 0. The molecule has 1 aliphatic rings. The van der Waals surface area contributed by atoms with Gasteiger partial charge < -0.3 is 0 Å². The van der Waals surface area contributed by atoms with Crippen LogP contribution in [-0.4, -0.2) is 9.97 Å². The molecule has 3 rings (SSSR count). The number of hydrogen-bond donors (Lipinski definition) is 0. The number of hydrogen-bond acceptors (Lipinski definition) is 3. The highest BCUT2D eigenvalue weighted by Gasteiger charge is 2.15. The monoisotopic (exact) mass is 254 g/mol. The maximum absolute atomic E-state index is 4.57. The van der Waals surface area contributed by atoms with E-state index in [1.54, 1.807) is 11.3 Å². The largest absolute Gasteiger partial charge is 0.256 e. The standard InChI is InChI=1S/C15H14N2S/c1-11-4-2-5-12(8-11)15-13(6-3-7-17-15)14-9-16-10-18-14/h2-7,9-11H,8H2,1H3. The highest BCUT2D eigenvalue weighted by atomic mass is 32.1. The lowest BCUT2D eigenvalue weighted by Gasteiger charge is -2.16. The molecule has 0 amide bonds. The van der Waals surface area contributed by atoms with Crippen LogP contribution in [0, 0.1) is 5.92 Å². The third-order valence-corrected chi connectivity index (χ3v) is 3.89. The van der Waals surface area contributed by atoms with Crippen molar-refractivity contribution in [2.75, 3.05) is 0 Å². The molecule has 2 nitrogen and oxygen atoms in total. The van der Waals surface area contributed by atoms with Crippen LogP contribution < -0.4 is 0 Å². The Morgan fingerprint density at radius 3 is 3.11 bits per heavy atom. The van der Waals surface area contributed by atoms with Crippen LogP contribution in [0.25, 0.3) is 16.0 Å². The van der Waals surface area contributed by atoms with Gasteiger partial charge in [0.2, 0.25) is 0 Å². The van der Waals surface area contributed by atoms with Gasteiger partial charge in [0, 0.05) is 18.0 Å². The van der Waals surface area contributed by atoms with Crippen molar-refractivity contribution in [3.63, 3.8) is 0 Å². The first kappa shape index (κ1) is 11.4. The highest BCUT2D eigenvalue weighted by molar-refractivity contribution is 7.13. The van der Waals surface area contributed by atoms with Gasteiger partial charge in [-0.3, -0.25) is 9.97 Å². The van der Waals surface area contributed by atoms with E-state index < -0.39 is 0 Å². The number of nitrogens with zero attached hydrogens (tertiary/aromatic N) is 2. The minimum Gasteiger partial charge on any atom is -0.256 e. The van der Waals surface area contributed by atoms with E-state index >= 15 is 0 Å². The predicted octanol–water partition coefficient (Wildman–Crippen LogP) is 4.18. The second-order valence-corrected chi connectivity index (χ2v) is 5.41. The van der Waals surface area contributed by atoms with E-state index in [4.69, 9.17) is 0 Å². The van der Waals surface area contributed by atoms with Gasteiger partial charge in [-0.2, -0.15) is 0 Å². The summed E-state index contributed by atoms with van der Waals surface area (Å²) in [5.41, 5.74) is 5.46. The zero-order chi connectivity index (χ0) is 12.4. The molecule has 3 heteroatoms. The fraction of sp³-hybridized carbons (Fsp3) is 0.200. The number of allylic oxidation sites excluding steroid dienone is 4. The lowest BCUT2D eigenvalue weighted by Crippen LogP contribution is -2.00. The van der Waals surface area contributed by atoms with Gasteiger partial charge >= 0.3 is 0 Å². The lowest BCUT2D eigenvalue weighted by atomic mass is 9.91. The van der Waals surface area contributed by atoms with Crippen molar-refractivity contribution in [2.24, 2.45) is 5.92 Å². The molecule has 0 saturated heterocycles. The molecule has 1 unspecified atom stereocenters. The van der Waals surface area contributed by atoms with Gasteiger partial charge in [0.15, 0.2) is 0 Å². The Hall–Kier alpha value is -1.74. The maximum atomic E-state index is 4.57. The minimum atomic E-state index is 0.585. The molecule has 1 atom stereocenters. The fourth-order valence-electron chi connectivity index (χ4n) is 2.23. The minimum absolute atomic E-state index is 0.585. The van der Waals surface area contributed by atoms with Crippen molar-refractivity contribution >= 4 is 16.9 Å². The lowest BCUT2D eigenvalue weighted by molar-refractivity contribution is 0.747. The predicted molar refractivity (Wildman–Crippen MR) is 76.2 cm³/mol. The molecular weight excluding hydrogens is 240 g/mol. The molecule has 2 heterocycles. The van der Waals surface area contributed by atoms with Crippen LogP contribution in [0.3, 0.4) is 0 Å². The molecular formula is C15H14N2S. The molecule has 0 bridgehead atoms. The van der Waals surface area contributed by atoms with Gasteiger partial charge in [0.1, 0.15) is 0 Å². The third-order valence-electron chi connectivity index (χ3n) is 3.09. The first-order chi connectivity index (χ1) is 8.84. The Balaban J connectivity index is 2.08. The summed E-state index contributed by atoms with van der Waals surface area (Å²) < 4.78 is 0. The van der Waals surface area contributed by atoms with Crippen molar-refractivity contribution in [3.8, 4) is 10.4 Å². The summed E-state index contributed by atoms with van der Waals surface area (Å²) in [6.45, 7) is 2.23. The molecule has 0 aliphatic heterocycles. The molecule has 0 fully saturated rings. The molecule has 18 heavy (non-hydrogen) atoms. The average Bonchev–Trinajstić information content (AvgIpc) is 2.92. The van der Waals surface area contributed by atoms with Gasteiger partial charge in [-0.15, -0.1) is 11.3 Å². The van der Waals surface area contributed by atoms with Crippen LogP contribution in [0.15, 0.2) is 48.3 Å². The molecule has 0 aromatic carbocycles. The first-order valence-corrected chi connectivity index (χ1v) is 6.94. The van der Waals surface area contributed by atoms with Crippen LogP contribution >= 0.6 is 11.3 Å². The Bertz CT molecular complexity index is 597. The molecule has 1 aliphatic carbocycles. The van der Waals surface area contributed by atoms with E-state index in [2.05, 4.69) is 41.2 Å². The van der Waals surface area contributed by atoms with Crippen molar-refractivity contribution < 1.29 is 0 Å². The van der Waals surface area contributed by atoms with Gasteiger partial charge in [-0.1, -0.05) is 25.2 Å². The van der Waals surface area contributed by atoms with Crippen molar-refractivity contribution in [1.29, 1.82) is 0 Å². The fourth-order valence-corrected chi connectivity index (χ4v) is 2.88. The smallest absolute Gasteiger partial charge is 0.0797 e. The summed E-state index contributed by atoms with van der Waals surface area (Å²) in [5.74, 6) is 0.585. The molecule has 90 valence electrons. The van der Waals surface area contributed by atoms with Crippen LogP contribution in [0.4, 0.5) is 0 Å². The third kappa shape index (κ3) is 2.14. The molecule has 0 N–H and O–H groups in total. The van der Waals surface area contributed by atoms with Crippen LogP contribution in [-0.2, 0) is 0 Å². The summed E-state index contributed by atoms with van der Waals surface area (Å²) in [5, 5.41) is 0. The van der Waals surface area contributed by atoms with Crippen molar-refractivity contribution in [1.82, 2.24) is 9.97 Å². The number of aromatic nitrogens is 2. The van der Waals surface area contributed by atoms with Gasteiger partial charge in [0.05, 0.1) is 16.1 Å². The second-order valence-electron chi connectivity index (χ2n) is 4.52. The Morgan fingerprint density at radius 2 is 2.33 bits per heavy atom. The summed E-state index contributed by atoms with van der Waals surface area (Å²) in [6, 6.07) is 4.11. The van der Waals surface area contributed by atoms with Crippen molar-refractivity contribution in [2.45, 2.75) is 13.3 Å². The number of thiazole rings is 1.